The van der Waals surface area contributed by atoms with Crippen molar-refractivity contribution in [3.05, 3.63) is 81.1 Å². The molecular weight excluding hydrogens is 617 g/mol. The topological polar surface area (TPSA) is 113 Å². The second kappa shape index (κ2) is 13.9. The summed E-state index contributed by atoms with van der Waals surface area (Å²) in [4.78, 5) is 17.5. The molecule has 42 heavy (non-hydrogen) atoms. The number of nitrogens with one attached hydrogen (secondary N) is 1. The Morgan fingerprint density at radius 1 is 1.07 bits per heavy atom. The Labute approximate surface area is 252 Å². The van der Waals surface area contributed by atoms with Crippen molar-refractivity contribution in [3.63, 3.8) is 0 Å². The highest BCUT2D eigenvalue weighted by molar-refractivity contribution is 7.88. The molecule has 2 aromatic carbocycles. The average molecular weight is 646 g/mol. The predicted octanol–water partition coefficient (Wildman–Crippen LogP) is 5.98. The van der Waals surface area contributed by atoms with E-state index in [9.17, 15) is 22.0 Å². The molecule has 1 aromatic heterocycles. The lowest BCUT2D eigenvalue weighted by atomic mass is 10.0. The largest absolute Gasteiger partial charge is 0.496 e. The van der Waals surface area contributed by atoms with Crippen LogP contribution < -0.4 is 18.9 Å². The molecule has 14 heteroatoms. The van der Waals surface area contributed by atoms with Gasteiger partial charge in [-0.15, -0.1) is 0 Å². The number of sulfonamides is 1. The van der Waals surface area contributed by atoms with E-state index in [4.69, 9.17) is 37.4 Å². The monoisotopic (exact) mass is 644 g/mol. The summed E-state index contributed by atoms with van der Waals surface area (Å²) in [6.07, 6.45) is 4.74. The zero-order chi connectivity index (χ0) is 30.4. The number of alkyl halides is 2. The van der Waals surface area contributed by atoms with E-state index in [2.05, 4.69) is 14.4 Å². The van der Waals surface area contributed by atoms with Gasteiger partial charge in [-0.2, -0.15) is 8.78 Å². The Hall–Kier alpha value is -3.19. The molecule has 1 saturated carbocycles. The summed E-state index contributed by atoms with van der Waals surface area (Å²) in [5.41, 5.74) is 1.35. The van der Waals surface area contributed by atoms with Crippen LogP contribution in [-0.2, 0) is 27.7 Å². The van der Waals surface area contributed by atoms with Gasteiger partial charge in [-0.3, -0.25) is 4.98 Å². The van der Waals surface area contributed by atoms with Crippen LogP contribution in [0.5, 0.6) is 17.2 Å². The number of carbonyl (C=O) groups is 1. The first kappa shape index (κ1) is 31.7. The van der Waals surface area contributed by atoms with Gasteiger partial charge in [0.25, 0.3) is 0 Å². The van der Waals surface area contributed by atoms with E-state index in [0.29, 0.717) is 29.2 Å². The van der Waals surface area contributed by atoms with Gasteiger partial charge in [-0.25, -0.2) is 17.9 Å². The first-order chi connectivity index (χ1) is 19.9. The van der Waals surface area contributed by atoms with Gasteiger partial charge in [-0.1, -0.05) is 35.3 Å². The van der Waals surface area contributed by atoms with Crippen LogP contribution in [0.15, 0.2) is 48.8 Å². The number of pyridine rings is 1. The number of nitrogens with zero attached hydrogens (tertiary/aromatic N) is 1. The van der Waals surface area contributed by atoms with Crippen molar-refractivity contribution < 1.29 is 40.9 Å². The van der Waals surface area contributed by atoms with Crippen molar-refractivity contribution in [2.24, 2.45) is 5.92 Å². The number of ether oxygens (including phenoxy) is 4. The van der Waals surface area contributed by atoms with Gasteiger partial charge >= 0.3 is 12.6 Å². The van der Waals surface area contributed by atoms with Crippen LogP contribution in [0.2, 0.25) is 10.0 Å². The Kier molecular flexibility index (Phi) is 10.5. The Morgan fingerprint density at radius 3 is 2.38 bits per heavy atom. The van der Waals surface area contributed by atoms with Gasteiger partial charge in [0, 0.05) is 25.4 Å². The lowest BCUT2D eigenvalue weighted by molar-refractivity contribution is -0.0515. The molecule has 4 rings (SSSR count). The highest BCUT2D eigenvalue weighted by atomic mass is 35.5. The Balaban J connectivity index is 1.70. The number of methoxy groups -OCH3 is 1. The third kappa shape index (κ3) is 8.90. The summed E-state index contributed by atoms with van der Waals surface area (Å²) in [6, 6.07) is 8.84. The van der Waals surface area contributed by atoms with Crippen molar-refractivity contribution in [2.75, 3.05) is 20.0 Å². The molecule has 0 bridgehead atoms. The Morgan fingerprint density at radius 2 is 1.76 bits per heavy atom. The molecule has 1 atom stereocenters. The van der Waals surface area contributed by atoms with Crippen LogP contribution in [0, 0.1) is 5.92 Å². The van der Waals surface area contributed by atoms with Gasteiger partial charge < -0.3 is 18.9 Å². The number of hydrogen-bond donors (Lipinski definition) is 1. The summed E-state index contributed by atoms with van der Waals surface area (Å²) in [5.74, 6) is -0.372. The molecule has 1 N–H and O–H groups in total. The highest BCUT2D eigenvalue weighted by Crippen LogP contribution is 2.38. The highest BCUT2D eigenvalue weighted by Gasteiger charge is 2.27. The van der Waals surface area contributed by atoms with E-state index in [0.717, 1.165) is 19.1 Å². The van der Waals surface area contributed by atoms with Crippen LogP contribution in [-0.4, -0.2) is 46.0 Å². The minimum absolute atomic E-state index is 0.000677. The fraction of sp³-hybridized carbons (Fsp3) is 0.357. The maximum absolute atomic E-state index is 13.6. The van der Waals surface area contributed by atoms with Crippen LogP contribution in [0.25, 0.3) is 0 Å². The van der Waals surface area contributed by atoms with E-state index in [1.807, 2.05) is 0 Å². The van der Waals surface area contributed by atoms with E-state index in [-0.39, 0.29) is 45.8 Å². The van der Waals surface area contributed by atoms with Crippen molar-refractivity contribution >= 4 is 39.2 Å². The number of carbonyl (C=O) groups excluding carboxylic acids is 1. The number of halogens is 4. The molecule has 0 unspecified atom stereocenters. The van der Waals surface area contributed by atoms with E-state index < -0.39 is 28.7 Å². The molecule has 0 radical (unpaired) electrons. The van der Waals surface area contributed by atoms with Crippen molar-refractivity contribution in [1.82, 2.24) is 9.71 Å². The molecule has 0 saturated heterocycles. The molecule has 1 fully saturated rings. The number of rotatable bonds is 14. The lowest BCUT2D eigenvalue weighted by Gasteiger charge is -2.22. The summed E-state index contributed by atoms with van der Waals surface area (Å²) >= 11 is 12.7. The maximum atomic E-state index is 13.6. The zero-order valence-electron chi connectivity index (χ0n) is 22.6. The van der Waals surface area contributed by atoms with Gasteiger partial charge in [0.2, 0.25) is 10.0 Å². The van der Waals surface area contributed by atoms with Gasteiger partial charge in [-0.05, 0) is 59.7 Å². The molecule has 0 amide bonds. The van der Waals surface area contributed by atoms with Crippen LogP contribution >= 0.6 is 23.2 Å². The first-order valence-corrected chi connectivity index (χ1v) is 15.4. The molecule has 1 aliphatic rings. The summed E-state index contributed by atoms with van der Waals surface area (Å²) in [5, 5.41) is 0.468. The second-order valence-corrected chi connectivity index (χ2v) is 12.3. The van der Waals surface area contributed by atoms with Crippen molar-refractivity contribution in [3.8, 4) is 17.2 Å². The molecule has 3 aromatic rings. The molecule has 226 valence electrons. The van der Waals surface area contributed by atoms with Crippen LogP contribution in [0.3, 0.4) is 0 Å². The molecule has 0 spiro atoms. The zero-order valence-corrected chi connectivity index (χ0v) is 24.9. The predicted molar refractivity (Wildman–Crippen MR) is 152 cm³/mol. The molecule has 1 aliphatic carbocycles. The Bertz CT molecular complexity index is 1520. The van der Waals surface area contributed by atoms with Crippen LogP contribution in [0.4, 0.5) is 8.78 Å². The first-order valence-electron chi connectivity index (χ1n) is 12.8. The fourth-order valence-corrected chi connectivity index (χ4v) is 4.95. The van der Waals surface area contributed by atoms with Gasteiger partial charge in [0.15, 0.2) is 11.5 Å². The van der Waals surface area contributed by atoms with E-state index >= 15 is 0 Å². The summed E-state index contributed by atoms with van der Waals surface area (Å²) in [6.45, 7) is -2.82. The van der Waals surface area contributed by atoms with E-state index in [1.165, 1.54) is 49.8 Å². The minimum atomic E-state index is -3.49. The van der Waals surface area contributed by atoms with E-state index in [1.54, 1.807) is 6.07 Å². The third-order valence-corrected chi connectivity index (χ3v) is 7.66. The lowest BCUT2D eigenvalue weighted by Crippen LogP contribution is -2.21. The molecule has 1 heterocycles. The van der Waals surface area contributed by atoms with Gasteiger partial charge in [0.05, 0.1) is 30.0 Å². The number of aromatic nitrogens is 1. The van der Waals surface area contributed by atoms with Crippen LogP contribution in [0.1, 0.15) is 46.0 Å². The van der Waals surface area contributed by atoms with Crippen molar-refractivity contribution in [2.45, 2.75) is 38.5 Å². The number of hydrogen-bond acceptors (Lipinski definition) is 8. The molecule has 0 aliphatic heterocycles. The molecule has 9 nitrogen and oxygen atoms in total. The summed E-state index contributed by atoms with van der Waals surface area (Å²) in [7, 11) is -2.11. The molecular formula is C28H28Cl2F2N2O7S. The normalized spacial score (nSPS) is 14.0. The quantitative estimate of drug-likeness (QED) is 0.213. The summed E-state index contributed by atoms with van der Waals surface area (Å²) < 4.78 is 73.4. The third-order valence-electron chi connectivity index (χ3n) is 6.34. The number of esters is 1. The minimum Gasteiger partial charge on any atom is -0.496 e. The second-order valence-electron chi connectivity index (χ2n) is 9.65. The number of benzene rings is 2. The smallest absolute Gasteiger partial charge is 0.387 e. The SMILES string of the molecule is COc1ccc(CNS(C)(=O)=O)cc1C(=O)O[C@@H](Cc1c(Cl)cncc1Cl)c1ccc(OC(F)F)c(OCC2CC2)c1. The van der Waals surface area contributed by atoms with Gasteiger partial charge in [0.1, 0.15) is 17.4 Å². The maximum Gasteiger partial charge on any atom is 0.387 e. The average Bonchev–Trinajstić information content (AvgIpc) is 3.76. The standard InChI is InChI=1S/C28H28Cl2F2N2O7S/c1-38-23-7-5-17(12-34-42(2,36)37)9-20(23)27(35)40-25(11-19-21(29)13-33-14-22(19)30)18-6-8-24(41-28(31)32)26(10-18)39-15-16-3-4-16/h5-10,13-14,16,25,28,34H,3-4,11-12,15H2,1-2H3/t25-/m0/s1. The fourth-order valence-electron chi connectivity index (χ4n) is 4.00. The van der Waals surface area contributed by atoms with Crippen molar-refractivity contribution in [1.29, 1.82) is 0 Å².